The van der Waals surface area contributed by atoms with Gasteiger partial charge >= 0.3 is 5.97 Å². The zero-order valence-corrected chi connectivity index (χ0v) is 17.7. The molecular formula is C24H22F2N4O2. The highest BCUT2D eigenvalue weighted by atomic mass is 19.1. The standard InChI is InChI=1S/C24H22F2N4O2/c1-3-15-11-16(4-5-17(15)24(31)32)21-12-22(29-13-28-21)27-8-9-30-14(2)10-18-19(25)6-7-20(26)23(18)30/h4-7,10-13H,3,8-9H2,1-2H3,(H,31,32)(H,27,28,29). The third-order valence-electron chi connectivity index (χ3n) is 5.48. The van der Waals surface area contributed by atoms with Crippen molar-refractivity contribution in [3.8, 4) is 11.3 Å². The Labute approximate surface area is 183 Å². The number of aromatic nitrogens is 3. The van der Waals surface area contributed by atoms with E-state index < -0.39 is 17.6 Å². The van der Waals surface area contributed by atoms with E-state index in [2.05, 4.69) is 15.3 Å². The van der Waals surface area contributed by atoms with E-state index in [0.29, 0.717) is 31.0 Å². The molecule has 4 aromatic rings. The van der Waals surface area contributed by atoms with Crippen molar-refractivity contribution in [1.82, 2.24) is 14.5 Å². The van der Waals surface area contributed by atoms with E-state index in [0.717, 1.165) is 29.0 Å². The van der Waals surface area contributed by atoms with E-state index in [1.165, 1.54) is 6.33 Å². The fourth-order valence-corrected chi connectivity index (χ4v) is 3.88. The number of hydrogen-bond acceptors (Lipinski definition) is 4. The summed E-state index contributed by atoms with van der Waals surface area (Å²) >= 11 is 0. The Balaban J connectivity index is 1.53. The molecule has 0 aliphatic rings. The number of nitrogens with one attached hydrogen (secondary N) is 1. The first-order valence-electron chi connectivity index (χ1n) is 10.3. The van der Waals surface area contributed by atoms with Crippen LogP contribution in [-0.4, -0.2) is 32.2 Å². The zero-order valence-electron chi connectivity index (χ0n) is 17.7. The van der Waals surface area contributed by atoms with Crippen LogP contribution in [0.5, 0.6) is 0 Å². The first-order chi connectivity index (χ1) is 15.4. The summed E-state index contributed by atoms with van der Waals surface area (Å²) in [5.74, 6) is -1.29. The molecule has 2 heterocycles. The largest absolute Gasteiger partial charge is 0.478 e. The van der Waals surface area contributed by atoms with Gasteiger partial charge in [0.25, 0.3) is 0 Å². The predicted molar refractivity (Wildman–Crippen MR) is 119 cm³/mol. The lowest BCUT2D eigenvalue weighted by Crippen LogP contribution is -2.13. The number of nitrogens with zero attached hydrogens (tertiary/aromatic N) is 3. The van der Waals surface area contributed by atoms with Crippen LogP contribution >= 0.6 is 0 Å². The molecule has 0 bridgehead atoms. The van der Waals surface area contributed by atoms with E-state index >= 15 is 0 Å². The number of anilines is 1. The van der Waals surface area contributed by atoms with E-state index in [1.54, 1.807) is 28.8 Å². The minimum absolute atomic E-state index is 0.248. The second kappa shape index (κ2) is 8.74. The molecular weight excluding hydrogens is 414 g/mol. The summed E-state index contributed by atoms with van der Waals surface area (Å²) in [6.07, 6.45) is 2.02. The van der Waals surface area contributed by atoms with Gasteiger partial charge in [-0.25, -0.2) is 23.5 Å². The third kappa shape index (κ3) is 4.03. The molecule has 0 radical (unpaired) electrons. The van der Waals surface area contributed by atoms with Gasteiger partial charge in [0.15, 0.2) is 0 Å². The number of carboxylic acid groups (broad SMARTS) is 1. The van der Waals surface area contributed by atoms with E-state index in [9.17, 15) is 18.7 Å². The summed E-state index contributed by atoms with van der Waals surface area (Å²) in [4.78, 5) is 19.9. The van der Waals surface area contributed by atoms with Crippen LogP contribution in [-0.2, 0) is 13.0 Å². The molecule has 0 unspecified atom stereocenters. The lowest BCUT2D eigenvalue weighted by atomic mass is 10.0. The molecule has 0 saturated carbocycles. The molecule has 4 rings (SSSR count). The van der Waals surface area contributed by atoms with Crippen LogP contribution in [0, 0.1) is 18.6 Å². The molecule has 0 aliphatic heterocycles. The highest BCUT2D eigenvalue weighted by Gasteiger charge is 2.14. The summed E-state index contributed by atoms with van der Waals surface area (Å²) in [5, 5.41) is 12.8. The monoisotopic (exact) mass is 436 g/mol. The second-order valence-corrected chi connectivity index (χ2v) is 7.47. The number of aryl methyl sites for hydroxylation is 2. The normalized spacial score (nSPS) is 11.1. The van der Waals surface area contributed by atoms with E-state index in [-0.39, 0.29) is 16.5 Å². The van der Waals surface area contributed by atoms with Crippen LogP contribution in [0.2, 0.25) is 0 Å². The number of rotatable bonds is 7. The highest BCUT2D eigenvalue weighted by Crippen LogP contribution is 2.26. The molecule has 0 spiro atoms. The quantitative estimate of drug-likeness (QED) is 0.423. The number of carboxylic acids is 1. The molecule has 0 fully saturated rings. The summed E-state index contributed by atoms with van der Waals surface area (Å²) in [6, 6.07) is 10.8. The van der Waals surface area contributed by atoms with Crippen LogP contribution in [0.25, 0.3) is 22.2 Å². The maximum Gasteiger partial charge on any atom is 0.335 e. The molecule has 2 aromatic carbocycles. The summed E-state index contributed by atoms with van der Waals surface area (Å²) < 4.78 is 30.1. The van der Waals surface area contributed by atoms with Crippen molar-refractivity contribution in [1.29, 1.82) is 0 Å². The SMILES string of the molecule is CCc1cc(-c2cc(NCCn3c(C)cc4c(F)ccc(F)c43)ncn2)ccc1C(=O)O. The average Bonchev–Trinajstić information content (AvgIpc) is 3.13. The fraction of sp³-hybridized carbons (Fsp3) is 0.208. The van der Waals surface area contributed by atoms with Gasteiger partial charge in [-0.2, -0.15) is 0 Å². The van der Waals surface area contributed by atoms with Crippen molar-refractivity contribution < 1.29 is 18.7 Å². The molecule has 2 N–H and O–H groups in total. The van der Waals surface area contributed by atoms with E-state index in [4.69, 9.17) is 0 Å². The molecule has 0 atom stereocenters. The number of aromatic carboxylic acids is 1. The summed E-state index contributed by atoms with van der Waals surface area (Å²) in [6.45, 7) is 4.57. The molecule has 0 saturated heterocycles. The number of halogens is 2. The van der Waals surface area contributed by atoms with Gasteiger partial charge in [0.05, 0.1) is 16.8 Å². The summed E-state index contributed by atoms with van der Waals surface area (Å²) in [5.41, 5.74) is 3.47. The van der Waals surface area contributed by atoms with Gasteiger partial charge in [-0.15, -0.1) is 0 Å². The lowest BCUT2D eigenvalue weighted by Gasteiger charge is -2.12. The van der Waals surface area contributed by atoms with Crippen molar-refractivity contribution in [2.45, 2.75) is 26.8 Å². The number of fused-ring (bicyclic) bond motifs is 1. The van der Waals surface area contributed by atoms with Gasteiger partial charge in [0.1, 0.15) is 23.8 Å². The van der Waals surface area contributed by atoms with Crippen LogP contribution in [0.1, 0.15) is 28.5 Å². The third-order valence-corrected chi connectivity index (χ3v) is 5.48. The Morgan fingerprint density at radius 1 is 1.09 bits per heavy atom. The second-order valence-electron chi connectivity index (χ2n) is 7.47. The van der Waals surface area contributed by atoms with E-state index in [1.807, 2.05) is 19.9 Å². The molecule has 6 nitrogen and oxygen atoms in total. The minimum atomic E-state index is -0.956. The smallest absolute Gasteiger partial charge is 0.335 e. The Morgan fingerprint density at radius 2 is 1.88 bits per heavy atom. The molecule has 2 aromatic heterocycles. The van der Waals surface area contributed by atoms with Crippen LogP contribution in [0.15, 0.2) is 48.8 Å². The van der Waals surface area contributed by atoms with Crippen molar-refractivity contribution in [3.63, 3.8) is 0 Å². The number of benzene rings is 2. The number of hydrogen-bond donors (Lipinski definition) is 2. The molecule has 0 aliphatic carbocycles. The minimum Gasteiger partial charge on any atom is -0.478 e. The average molecular weight is 436 g/mol. The van der Waals surface area contributed by atoms with Gasteiger partial charge in [0, 0.05) is 35.8 Å². The lowest BCUT2D eigenvalue weighted by molar-refractivity contribution is 0.0695. The van der Waals surface area contributed by atoms with Gasteiger partial charge < -0.3 is 15.0 Å². The zero-order chi connectivity index (χ0) is 22.8. The predicted octanol–water partition coefficient (Wildman–Crippen LogP) is 5.06. The maximum absolute atomic E-state index is 14.3. The topological polar surface area (TPSA) is 80.0 Å². The Hall–Kier alpha value is -3.81. The first-order valence-corrected chi connectivity index (χ1v) is 10.3. The summed E-state index contributed by atoms with van der Waals surface area (Å²) in [7, 11) is 0. The first kappa shape index (κ1) is 21.4. The van der Waals surface area contributed by atoms with Crippen molar-refractivity contribution in [3.05, 3.63) is 77.2 Å². The maximum atomic E-state index is 14.3. The van der Waals surface area contributed by atoms with Crippen molar-refractivity contribution in [2.75, 3.05) is 11.9 Å². The molecule has 0 amide bonds. The van der Waals surface area contributed by atoms with Gasteiger partial charge in [0.2, 0.25) is 0 Å². The Bertz CT molecular complexity index is 1320. The van der Waals surface area contributed by atoms with Crippen LogP contribution < -0.4 is 5.32 Å². The molecule has 8 heteroatoms. The van der Waals surface area contributed by atoms with Crippen LogP contribution in [0.4, 0.5) is 14.6 Å². The molecule has 32 heavy (non-hydrogen) atoms. The highest BCUT2D eigenvalue weighted by molar-refractivity contribution is 5.90. The van der Waals surface area contributed by atoms with Crippen molar-refractivity contribution in [2.24, 2.45) is 0 Å². The van der Waals surface area contributed by atoms with Crippen LogP contribution in [0.3, 0.4) is 0 Å². The Kier molecular flexibility index (Phi) is 5.85. The fourth-order valence-electron chi connectivity index (χ4n) is 3.88. The van der Waals surface area contributed by atoms with Crippen molar-refractivity contribution >= 4 is 22.7 Å². The Morgan fingerprint density at radius 3 is 2.62 bits per heavy atom. The van der Waals surface area contributed by atoms with Gasteiger partial charge in [-0.05, 0) is 49.2 Å². The van der Waals surface area contributed by atoms with Gasteiger partial charge in [-0.3, -0.25) is 0 Å². The molecule has 164 valence electrons. The number of carbonyl (C=O) groups is 1. The van der Waals surface area contributed by atoms with Gasteiger partial charge in [-0.1, -0.05) is 13.0 Å².